The highest BCUT2D eigenvalue weighted by Gasteiger charge is 2.14. The second kappa shape index (κ2) is 3.06. The van der Waals surface area contributed by atoms with E-state index in [0.29, 0.717) is 5.02 Å². The number of benzene rings is 1. The fourth-order valence-electron chi connectivity index (χ4n) is 0.987. The van der Waals surface area contributed by atoms with Gasteiger partial charge in [0.2, 0.25) is 0 Å². The van der Waals surface area contributed by atoms with E-state index in [2.05, 4.69) is 0 Å². The average Bonchev–Trinajstić information content (AvgIpc) is 1.82. The molecule has 0 saturated carbocycles. The van der Waals surface area contributed by atoms with Crippen molar-refractivity contribution < 1.29 is 4.39 Å². The zero-order valence-corrected chi connectivity index (χ0v) is 8.24. The third-order valence-electron chi connectivity index (χ3n) is 1.73. The predicted molar refractivity (Wildman–Crippen MR) is 50.1 cm³/mol. The quantitative estimate of drug-likeness (QED) is 0.579. The molecule has 1 aromatic rings. The second-order valence-corrected chi connectivity index (χ2v) is 4.34. The summed E-state index contributed by atoms with van der Waals surface area (Å²) >= 11 is 5.72. The Balaban J connectivity index is 3.18. The molecule has 0 aliphatic carbocycles. The first-order valence-corrected chi connectivity index (χ1v) is 4.24. The van der Waals surface area contributed by atoms with Crippen molar-refractivity contribution >= 4 is 11.6 Å². The maximum Gasteiger partial charge on any atom is 0.124 e. The highest BCUT2D eigenvalue weighted by Crippen LogP contribution is 2.25. The van der Waals surface area contributed by atoms with Crippen LogP contribution in [-0.2, 0) is 5.41 Å². The molecule has 0 spiro atoms. The minimum Gasteiger partial charge on any atom is -0.207 e. The van der Waals surface area contributed by atoms with Crippen LogP contribution in [0, 0.1) is 5.82 Å². The van der Waals surface area contributed by atoms with Gasteiger partial charge in [0, 0.05) is 5.02 Å². The fraction of sp³-hybridized carbons (Fsp3) is 0.400. The predicted octanol–water partition coefficient (Wildman–Crippen LogP) is 3.78. The van der Waals surface area contributed by atoms with Crippen LogP contribution < -0.4 is 0 Å². The Morgan fingerprint density at radius 3 is 2.17 bits per heavy atom. The van der Waals surface area contributed by atoms with Crippen molar-refractivity contribution in [2.45, 2.75) is 26.2 Å². The summed E-state index contributed by atoms with van der Waals surface area (Å²) in [7, 11) is 0. The van der Waals surface area contributed by atoms with Crippen LogP contribution in [0.5, 0.6) is 0 Å². The molecule has 66 valence electrons. The van der Waals surface area contributed by atoms with Gasteiger partial charge >= 0.3 is 0 Å². The van der Waals surface area contributed by atoms with Crippen molar-refractivity contribution in [1.29, 1.82) is 0 Å². The first-order chi connectivity index (χ1) is 5.39. The Hall–Kier alpha value is -0.560. The topological polar surface area (TPSA) is 0 Å². The minimum atomic E-state index is -0.271. The lowest BCUT2D eigenvalue weighted by molar-refractivity contribution is 0.572. The normalized spacial score (nSPS) is 11.8. The molecular formula is C10H12ClF. The monoisotopic (exact) mass is 186 g/mol. The molecule has 0 nitrogen and oxygen atoms in total. The molecule has 0 bridgehead atoms. The van der Waals surface area contributed by atoms with Crippen molar-refractivity contribution in [2.75, 3.05) is 0 Å². The second-order valence-electron chi connectivity index (χ2n) is 3.91. The molecule has 12 heavy (non-hydrogen) atoms. The van der Waals surface area contributed by atoms with Crippen molar-refractivity contribution in [3.8, 4) is 0 Å². The summed E-state index contributed by atoms with van der Waals surface area (Å²) in [6.07, 6.45) is 0. The van der Waals surface area contributed by atoms with Gasteiger partial charge in [-0.1, -0.05) is 32.4 Å². The highest BCUT2D eigenvalue weighted by molar-refractivity contribution is 6.30. The molecule has 0 N–H and O–H groups in total. The van der Waals surface area contributed by atoms with Crippen molar-refractivity contribution in [3.63, 3.8) is 0 Å². The summed E-state index contributed by atoms with van der Waals surface area (Å²) in [5.74, 6) is -0.271. The third kappa shape index (κ3) is 2.21. The Bertz CT molecular complexity index is 266. The van der Waals surface area contributed by atoms with Crippen molar-refractivity contribution in [3.05, 3.63) is 34.6 Å². The van der Waals surface area contributed by atoms with Crippen LogP contribution in [0.15, 0.2) is 18.2 Å². The van der Waals surface area contributed by atoms with Crippen LogP contribution in [0.2, 0.25) is 5.02 Å². The maximum atomic E-state index is 12.9. The van der Waals surface area contributed by atoms with Gasteiger partial charge in [-0.25, -0.2) is 4.39 Å². The average molecular weight is 187 g/mol. The van der Waals surface area contributed by atoms with Gasteiger partial charge in [-0.15, -0.1) is 0 Å². The van der Waals surface area contributed by atoms with Crippen molar-refractivity contribution in [2.24, 2.45) is 0 Å². The van der Waals surface area contributed by atoms with Gasteiger partial charge in [0.05, 0.1) is 0 Å². The number of hydrogen-bond acceptors (Lipinski definition) is 0. The Kier molecular flexibility index (Phi) is 2.43. The van der Waals surface area contributed by atoms with Gasteiger partial charge in [-0.3, -0.25) is 0 Å². The van der Waals surface area contributed by atoms with E-state index in [9.17, 15) is 4.39 Å². The van der Waals surface area contributed by atoms with Crippen LogP contribution in [0.25, 0.3) is 0 Å². The standard InChI is InChI=1S/C10H12ClF/c1-10(2,3)7-4-8(11)6-9(12)5-7/h4-6H,1-3H3. The molecule has 0 radical (unpaired) electrons. The lowest BCUT2D eigenvalue weighted by Crippen LogP contribution is -2.11. The molecule has 0 saturated heterocycles. The van der Waals surface area contributed by atoms with Crippen molar-refractivity contribution in [1.82, 2.24) is 0 Å². The number of rotatable bonds is 0. The largest absolute Gasteiger partial charge is 0.207 e. The minimum absolute atomic E-state index is 0.0499. The van der Waals surface area contributed by atoms with Crippen LogP contribution in [0.4, 0.5) is 4.39 Å². The van der Waals surface area contributed by atoms with Gasteiger partial charge in [-0.2, -0.15) is 0 Å². The van der Waals surface area contributed by atoms with Crippen LogP contribution in [-0.4, -0.2) is 0 Å². The molecule has 0 amide bonds. The highest BCUT2D eigenvalue weighted by atomic mass is 35.5. The summed E-state index contributed by atoms with van der Waals surface area (Å²) in [5.41, 5.74) is 0.874. The molecule has 2 heteroatoms. The molecule has 1 aromatic carbocycles. The van der Waals surface area contributed by atoms with Gasteiger partial charge in [0.1, 0.15) is 5.82 Å². The SMILES string of the molecule is CC(C)(C)c1cc(F)cc(Cl)c1. The lowest BCUT2D eigenvalue weighted by atomic mass is 9.87. The molecular weight excluding hydrogens is 175 g/mol. The number of halogens is 2. The van der Waals surface area contributed by atoms with E-state index >= 15 is 0 Å². The Labute approximate surface area is 77.4 Å². The van der Waals surface area contributed by atoms with E-state index in [-0.39, 0.29) is 11.2 Å². The maximum absolute atomic E-state index is 12.9. The van der Waals surface area contributed by atoms with Gasteiger partial charge in [0.25, 0.3) is 0 Å². The van der Waals surface area contributed by atoms with E-state index in [1.54, 1.807) is 6.07 Å². The fourth-order valence-corrected chi connectivity index (χ4v) is 1.21. The lowest BCUT2D eigenvalue weighted by Gasteiger charge is -2.19. The summed E-state index contributed by atoms with van der Waals surface area (Å²) in [4.78, 5) is 0. The summed E-state index contributed by atoms with van der Waals surface area (Å²) < 4.78 is 12.9. The smallest absolute Gasteiger partial charge is 0.124 e. The number of hydrogen-bond donors (Lipinski definition) is 0. The van der Waals surface area contributed by atoms with Crippen LogP contribution >= 0.6 is 11.6 Å². The van der Waals surface area contributed by atoms with E-state index in [0.717, 1.165) is 5.56 Å². The third-order valence-corrected chi connectivity index (χ3v) is 1.95. The van der Waals surface area contributed by atoms with Crippen LogP contribution in [0.3, 0.4) is 0 Å². The van der Waals surface area contributed by atoms with E-state index in [4.69, 9.17) is 11.6 Å². The zero-order valence-electron chi connectivity index (χ0n) is 7.49. The van der Waals surface area contributed by atoms with E-state index in [1.165, 1.54) is 12.1 Å². The van der Waals surface area contributed by atoms with E-state index < -0.39 is 0 Å². The summed E-state index contributed by atoms with van der Waals surface area (Å²) in [6.45, 7) is 6.08. The molecule has 0 heterocycles. The molecule has 0 aromatic heterocycles. The molecule has 1 rings (SSSR count). The summed E-state index contributed by atoms with van der Waals surface area (Å²) in [5, 5.41) is 0.458. The van der Waals surface area contributed by atoms with Gasteiger partial charge in [0.15, 0.2) is 0 Å². The Morgan fingerprint density at radius 2 is 1.75 bits per heavy atom. The van der Waals surface area contributed by atoms with Gasteiger partial charge < -0.3 is 0 Å². The molecule has 0 fully saturated rings. The van der Waals surface area contributed by atoms with E-state index in [1.807, 2.05) is 20.8 Å². The Morgan fingerprint density at radius 1 is 1.17 bits per heavy atom. The summed E-state index contributed by atoms with van der Waals surface area (Å²) in [6, 6.07) is 4.63. The first-order valence-electron chi connectivity index (χ1n) is 3.86. The zero-order chi connectivity index (χ0) is 9.35. The molecule has 0 aliphatic heterocycles. The molecule has 0 unspecified atom stereocenters. The molecule has 0 aliphatic rings. The first kappa shape index (κ1) is 9.53. The molecule has 0 atom stereocenters. The van der Waals surface area contributed by atoms with Gasteiger partial charge in [-0.05, 0) is 29.2 Å². The van der Waals surface area contributed by atoms with Crippen LogP contribution in [0.1, 0.15) is 26.3 Å².